The third-order valence-electron chi connectivity index (χ3n) is 3.96. The first kappa shape index (κ1) is 21.5. The van der Waals surface area contributed by atoms with E-state index in [2.05, 4.69) is 21.1 Å². The van der Waals surface area contributed by atoms with Gasteiger partial charge in [0.05, 0.1) is 21.8 Å². The van der Waals surface area contributed by atoms with Gasteiger partial charge >= 0.3 is 5.97 Å². The fraction of sp³-hybridized carbons (Fsp3) is 0. The minimum atomic E-state index is -4.42. The van der Waals surface area contributed by atoms with Crippen molar-refractivity contribution in [3.05, 3.63) is 97.4 Å². The molecule has 0 unspecified atom stereocenters. The Hall–Kier alpha value is -4.16. The van der Waals surface area contributed by atoms with Crippen LogP contribution in [0.15, 0.2) is 85.4 Å². The first-order valence-electron chi connectivity index (χ1n) is 8.51. The van der Waals surface area contributed by atoms with Crippen LogP contribution in [0.5, 0.6) is 0 Å². The second kappa shape index (κ2) is 8.69. The molecule has 158 valence electrons. The lowest BCUT2D eigenvalue weighted by molar-refractivity contribution is 0.0698. The van der Waals surface area contributed by atoms with Crippen LogP contribution in [-0.4, -0.2) is 24.0 Å². The zero-order chi connectivity index (χ0) is 22.6. The van der Waals surface area contributed by atoms with Crippen LogP contribution >= 0.6 is 0 Å². The molecule has 0 heterocycles. The summed E-state index contributed by atoms with van der Waals surface area (Å²) in [4.78, 5) is 35.5. The van der Waals surface area contributed by atoms with Crippen LogP contribution < -0.4 is 32.4 Å². The smallest absolute Gasteiger partial charge is 0.337 e. The summed E-state index contributed by atoms with van der Waals surface area (Å²) in [5.41, 5.74) is 3.46. The van der Waals surface area contributed by atoms with Crippen LogP contribution in [0.1, 0.15) is 10.4 Å². The number of carboxylic acid groups (broad SMARTS) is 1. The predicted molar refractivity (Wildman–Crippen MR) is 109 cm³/mol. The van der Waals surface area contributed by atoms with E-state index in [0.29, 0.717) is 0 Å². The average molecular weight is 442 g/mol. The number of hydrogen-bond donors (Lipinski definition) is 4. The minimum absolute atomic E-state index is 0.0799. The molecule has 3 aromatic rings. The van der Waals surface area contributed by atoms with Crippen molar-refractivity contribution in [2.45, 2.75) is 4.90 Å². The molecule has 0 spiro atoms. The number of anilines is 2. The lowest BCUT2D eigenvalue weighted by Gasteiger charge is -2.03. The van der Waals surface area contributed by atoms with Crippen LogP contribution in [0.2, 0.25) is 0 Å². The molecule has 3 aromatic carbocycles. The molecular formula is C19H14N4O7S. The van der Waals surface area contributed by atoms with Crippen molar-refractivity contribution in [3.8, 4) is 0 Å². The summed E-state index contributed by atoms with van der Waals surface area (Å²) in [5, 5.41) is 16.0. The van der Waals surface area contributed by atoms with Gasteiger partial charge in [-0.05, 0) is 42.5 Å². The predicted octanol–water partition coefficient (Wildman–Crippen LogP) is 0.0831. The molecule has 0 amide bonds. The van der Waals surface area contributed by atoms with Crippen LogP contribution in [0.3, 0.4) is 0 Å². The Kier molecular flexibility index (Phi) is 6.04. The molecule has 12 heteroatoms. The molecule has 11 nitrogen and oxygen atoms in total. The number of carboxylic acids is 1. The summed E-state index contributed by atoms with van der Waals surface area (Å²) < 4.78 is 31.5. The highest BCUT2D eigenvalue weighted by Crippen LogP contribution is 2.15. The molecule has 0 saturated heterocycles. The average Bonchev–Trinajstić information content (AvgIpc) is 2.73. The Morgan fingerprint density at radius 1 is 0.903 bits per heavy atom. The number of para-hydroxylation sites is 1. The number of benzene rings is 3. The van der Waals surface area contributed by atoms with E-state index >= 15 is 0 Å². The van der Waals surface area contributed by atoms with Crippen LogP contribution in [0.25, 0.3) is 0 Å². The normalized spacial score (nSPS) is 12.5. The Bertz CT molecular complexity index is 1490. The van der Waals surface area contributed by atoms with Crippen LogP contribution in [-0.2, 0) is 10.1 Å². The highest BCUT2D eigenvalue weighted by molar-refractivity contribution is 7.85. The standard InChI is InChI=1S/C19H14N4O7S/c24-16-9-8-15(22-20-11-4-3-5-12(10-11)31(28,29)30)18(25)17(16)23-21-14-7-2-1-6-13(14)19(26)27/h1-10,20-21H,(H,26,27)(H,28,29,30)/b22-15+,23-17-. The van der Waals surface area contributed by atoms with Crippen molar-refractivity contribution in [2.75, 3.05) is 10.9 Å². The maximum absolute atomic E-state index is 12.6. The van der Waals surface area contributed by atoms with Gasteiger partial charge in [-0.15, -0.1) is 0 Å². The molecule has 4 N–H and O–H groups in total. The summed E-state index contributed by atoms with van der Waals surface area (Å²) in [7, 11) is -4.42. The van der Waals surface area contributed by atoms with Crippen LogP contribution in [0.4, 0.5) is 11.4 Å². The Morgan fingerprint density at radius 3 is 2.35 bits per heavy atom. The van der Waals surface area contributed by atoms with E-state index < -0.39 is 32.3 Å². The summed E-state index contributed by atoms with van der Waals surface area (Å²) >= 11 is 0. The second-order valence-electron chi connectivity index (χ2n) is 6.06. The van der Waals surface area contributed by atoms with E-state index in [1.54, 1.807) is 6.07 Å². The number of carbonyl (C=O) groups is 1. The topological polar surface area (TPSA) is 175 Å². The van der Waals surface area contributed by atoms with E-state index in [1.807, 2.05) is 0 Å². The Morgan fingerprint density at radius 2 is 1.65 bits per heavy atom. The summed E-state index contributed by atoms with van der Waals surface area (Å²) in [6.07, 6.45) is 0. The second-order valence-corrected chi connectivity index (χ2v) is 7.48. The van der Waals surface area contributed by atoms with Gasteiger partial charge in [-0.3, -0.25) is 25.0 Å². The molecule has 0 bridgehead atoms. The van der Waals surface area contributed by atoms with Gasteiger partial charge in [0.25, 0.3) is 10.1 Å². The lowest BCUT2D eigenvalue weighted by Crippen LogP contribution is -2.48. The van der Waals surface area contributed by atoms with E-state index in [4.69, 9.17) is 4.55 Å². The molecule has 0 saturated carbocycles. The zero-order valence-electron chi connectivity index (χ0n) is 15.5. The third-order valence-corrected chi connectivity index (χ3v) is 4.81. The van der Waals surface area contributed by atoms with Crippen molar-refractivity contribution in [3.63, 3.8) is 0 Å². The molecule has 0 fully saturated rings. The van der Waals surface area contributed by atoms with Crippen molar-refractivity contribution in [2.24, 2.45) is 10.2 Å². The molecular weight excluding hydrogens is 428 g/mol. The van der Waals surface area contributed by atoms with Gasteiger partial charge in [-0.2, -0.15) is 18.6 Å². The molecule has 0 aromatic heterocycles. The molecule has 0 atom stereocenters. The first-order valence-corrected chi connectivity index (χ1v) is 9.95. The van der Waals surface area contributed by atoms with E-state index in [9.17, 15) is 27.9 Å². The van der Waals surface area contributed by atoms with E-state index in [0.717, 1.165) is 18.2 Å². The van der Waals surface area contributed by atoms with Gasteiger partial charge in [0.2, 0.25) is 10.9 Å². The number of aromatic carboxylic acids is 1. The van der Waals surface area contributed by atoms with Gasteiger partial charge in [-0.25, -0.2) is 4.79 Å². The summed E-state index contributed by atoms with van der Waals surface area (Å²) in [6.45, 7) is 0. The van der Waals surface area contributed by atoms with Crippen molar-refractivity contribution >= 4 is 27.5 Å². The molecule has 0 aliphatic rings. The lowest BCUT2D eigenvalue weighted by atomic mass is 10.2. The maximum atomic E-state index is 12.6. The van der Waals surface area contributed by atoms with Crippen molar-refractivity contribution < 1.29 is 22.9 Å². The number of nitrogens with one attached hydrogen (secondary N) is 2. The monoisotopic (exact) mass is 442 g/mol. The van der Waals surface area contributed by atoms with E-state index in [-0.39, 0.29) is 27.2 Å². The molecule has 0 aliphatic carbocycles. The highest BCUT2D eigenvalue weighted by Gasteiger charge is 2.10. The van der Waals surface area contributed by atoms with Gasteiger partial charge < -0.3 is 5.11 Å². The molecule has 0 aliphatic heterocycles. The summed E-state index contributed by atoms with van der Waals surface area (Å²) in [5.74, 6) is -1.22. The molecule has 31 heavy (non-hydrogen) atoms. The summed E-state index contributed by atoms with van der Waals surface area (Å²) in [6, 6.07) is 13.1. The minimum Gasteiger partial charge on any atom is -0.478 e. The van der Waals surface area contributed by atoms with Crippen LogP contribution in [0, 0.1) is 0 Å². The number of hydrogen-bond acceptors (Lipinski definition) is 9. The Labute approximate surface area is 174 Å². The van der Waals surface area contributed by atoms with Gasteiger partial charge in [0.15, 0.2) is 5.36 Å². The fourth-order valence-corrected chi connectivity index (χ4v) is 3.00. The largest absolute Gasteiger partial charge is 0.478 e. The maximum Gasteiger partial charge on any atom is 0.337 e. The molecule has 3 rings (SSSR count). The fourth-order valence-electron chi connectivity index (χ4n) is 2.47. The number of rotatable bonds is 6. The third kappa shape index (κ3) is 5.07. The van der Waals surface area contributed by atoms with Crippen molar-refractivity contribution in [1.29, 1.82) is 0 Å². The zero-order valence-corrected chi connectivity index (χ0v) is 16.3. The van der Waals surface area contributed by atoms with Gasteiger partial charge in [-0.1, -0.05) is 18.2 Å². The number of nitrogens with zero attached hydrogens (tertiary/aromatic N) is 2. The van der Waals surface area contributed by atoms with Crippen molar-refractivity contribution in [1.82, 2.24) is 0 Å². The van der Waals surface area contributed by atoms with E-state index in [1.165, 1.54) is 36.4 Å². The Balaban J connectivity index is 1.99. The molecule has 0 radical (unpaired) electrons. The quantitative estimate of drug-likeness (QED) is 0.304. The van der Waals surface area contributed by atoms with Gasteiger partial charge in [0, 0.05) is 0 Å². The first-order chi connectivity index (χ1) is 14.7. The highest BCUT2D eigenvalue weighted by atomic mass is 32.2. The SMILES string of the molecule is O=C(O)c1ccccc1N/N=c1/c(=O)cc/c(=N\Nc2cccc(S(=O)(=O)O)c2)c1=O. The van der Waals surface area contributed by atoms with Gasteiger partial charge in [0.1, 0.15) is 5.36 Å².